The number of β-amino-alcohol motifs (C(OH)–C–C–N with tert-alkyl or cyclic N) is 2. The van der Waals surface area contributed by atoms with Gasteiger partial charge in [-0.25, -0.2) is 8.78 Å². The third kappa shape index (κ3) is 7.16. The summed E-state index contributed by atoms with van der Waals surface area (Å²) in [5.74, 6) is -0.721. The van der Waals surface area contributed by atoms with Crippen LogP contribution in [0.3, 0.4) is 0 Å². The Hall–Kier alpha value is -2.79. The molecule has 1 amide bonds. The fourth-order valence-electron chi connectivity index (χ4n) is 5.12. The minimum Gasteiger partial charge on any atom is -0.490 e. The van der Waals surface area contributed by atoms with E-state index in [-0.39, 0.29) is 50.3 Å². The lowest BCUT2D eigenvalue weighted by molar-refractivity contribution is -0.138. The van der Waals surface area contributed by atoms with Crippen molar-refractivity contribution in [3.05, 3.63) is 60.2 Å². The third-order valence-corrected chi connectivity index (χ3v) is 7.02. The maximum Gasteiger partial charge on any atom is 0.248 e. The van der Waals surface area contributed by atoms with Crippen LogP contribution >= 0.6 is 0 Å². The highest BCUT2D eigenvalue weighted by molar-refractivity contribution is 5.77. The summed E-state index contributed by atoms with van der Waals surface area (Å²) in [7, 11) is 1.43. The first-order valence-corrected chi connectivity index (χ1v) is 12.5. The minimum absolute atomic E-state index is 0.0144. The Balaban J connectivity index is 1.43. The number of para-hydroxylation sites is 1. The molecule has 0 aromatic heterocycles. The topological polar surface area (TPSA) is 85.7 Å². The second-order valence-electron chi connectivity index (χ2n) is 10.1. The van der Waals surface area contributed by atoms with Crippen LogP contribution in [-0.4, -0.2) is 103 Å². The van der Waals surface area contributed by atoms with Crippen LogP contribution in [0.1, 0.15) is 12.8 Å². The van der Waals surface area contributed by atoms with Gasteiger partial charge in [0.1, 0.15) is 36.2 Å². The number of carbonyl (C=O) groups excluding carboxylic acids is 1. The summed E-state index contributed by atoms with van der Waals surface area (Å²) in [6.07, 6.45) is 0.866. The summed E-state index contributed by atoms with van der Waals surface area (Å²) in [4.78, 5) is 18.0. The number of amides is 1. The minimum atomic E-state index is -1.46. The van der Waals surface area contributed by atoms with Crippen LogP contribution in [0.25, 0.3) is 0 Å². The highest BCUT2D eigenvalue weighted by Gasteiger charge is 2.41. The molecule has 4 rings (SSSR count). The fourth-order valence-corrected chi connectivity index (χ4v) is 5.12. The second-order valence-corrected chi connectivity index (χ2v) is 10.1. The summed E-state index contributed by atoms with van der Waals surface area (Å²) < 4.78 is 38.5. The number of carbonyl (C=O) groups is 1. The number of hydrogen-bond donors (Lipinski definition) is 2. The number of rotatable bonds is 8. The quantitative estimate of drug-likeness (QED) is 0.551. The van der Waals surface area contributed by atoms with Crippen molar-refractivity contribution in [2.75, 3.05) is 71.0 Å². The van der Waals surface area contributed by atoms with Gasteiger partial charge in [0, 0.05) is 52.4 Å². The van der Waals surface area contributed by atoms with Crippen molar-refractivity contribution >= 4 is 11.6 Å². The number of piperidine rings is 1. The van der Waals surface area contributed by atoms with Gasteiger partial charge >= 0.3 is 0 Å². The number of benzene rings is 2. The molecule has 0 unspecified atom stereocenters. The van der Waals surface area contributed by atoms with E-state index in [2.05, 4.69) is 0 Å². The molecule has 0 bridgehead atoms. The fraction of sp³-hybridized carbons (Fsp3) is 0.519. The van der Waals surface area contributed by atoms with E-state index in [9.17, 15) is 23.8 Å². The standard InChI is InChI=1S/C27H35F2N3O5/c1-36-16-25(33)32-14-13-30(18-27(35,19-32)20-37-22-6-4-5-21(28)15-22)17-26(34)9-11-31(12-10-26)24-8-3-2-7-23(24)29/h2-8,15,34-35H,9-14,16-20H2,1H3/t27-/m1/s1. The molecule has 10 heteroatoms. The largest absolute Gasteiger partial charge is 0.490 e. The zero-order chi connectivity index (χ0) is 26.5. The van der Waals surface area contributed by atoms with Crippen molar-refractivity contribution in [2.24, 2.45) is 0 Å². The SMILES string of the molecule is COCC(=O)N1CCN(CC2(O)CCN(c3ccccc3F)CC2)C[C@](O)(COc2cccc(F)c2)C1. The molecule has 0 saturated carbocycles. The molecular weight excluding hydrogens is 484 g/mol. The van der Waals surface area contributed by atoms with Gasteiger partial charge in [-0.15, -0.1) is 0 Å². The predicted molar refractivity (Wildman–Crippen MR) is 135 cm³/mol. The van der Waals surface area contributed by atoms with Crippen molar-refractivity contribution in [2.45, 2.75) is 24.0 Å². The number of halogens is 2. The second kappa shape index (κ2) is 11.7. The van der Waals surface area contributed by atoms with Crippen molar-refractivity contribution in [1.82, 2.24) is 9.80 Å². The number of anilines is 1. The molecule has 2 aromatic rings. The van der Waals surface area contributed by atoms with Crippen molar-refractivity contribution < 1.29 is 33.3 Å². The van der Waals surface area contributed by atoms with Gasteiger partial charge in [-0.05, 0) is 37.1 Å². The van der Waals surface area contributed by atoms with E-state index in [4.69, 9.17) is 9.47 Å². The Bertz CT molecular complexity index is 1070. The van der Waals surface area contributed by atoms with E-state index < -0.39 is 17.0 Å². The molecule has 8 nitrogen and oxygen atoms in total. The molecule has 2 aliphatic rings. The molecule has 2 fully saturated rings. The summed E-state index contributed by atoms with van der Waals surface area (Å²) in [6.45, 7) is 1.96. The molecule has 2 N–H and O–H groups in total. The van der Waals surface area contributed by atoms with Gasteiger partial charge in [0.25, 0.3) is 0 Å². The number of hydrogen-bond acceptors (Lipinski definition) is 7. The number of aliphatic hydroxyl groups is 2. The lowest BCUT2D eigenvalue weighted by atomic mass is 9.90. The lowest BCUT2D eigenvalue weighted by Gasteiger charge is -2.42. The Labute approximate surface area is 216 Å². The Morgan fingerprint density at radius 3 is 2.43 bits per heavy atom. The Morgan fingerprint density at radius 2 is 1.73 bits per heavy atom. The van der Waals surface area contributed by atoms with Crippen LogP contribution in [0.2, 0.25) is 0 Å². The molecule has 37 heavy (non-hydrogen) atoms. The zero-order valence-electron chi connectivity index (χ0n) is 21.1. The molecule has 202 valence electrons. The Morgan fingerprint density at radius 1 is 0.973 bits per heavy atom. The molecule has 0 aliphatic carbocycles. The first-order valence-electron chi connectivity index (χ1n) is 12.5. The number of methoxy groups -OCH3 is 1. The molecule has 2 heterocycles. The third-order valence-electron chi connectivity index (χ3n) is 7.02. The van der Waals surface area contributed by atoms with E-state index in [0.717, 1.165) is 0 Å². The van der Waals surface area contributed by atoms with Crippen molar-refractivity contribution in [3.8, 4) is 5.75 Å². The van der Waals surface area contributed by atoms with Crippen LogP contribution < -0.4 is 9.64 Å². The smallest absolute Gasteiger partial charge is 0.248 e. The van der Waals surface area contributed by atoms with Gasteiger partial charge < -0.3 is 29.5 Å². The van der Waals surface area contributed by atoms with E-state index in [1.54, 1.807) is 24.3 Å². The van der Waals surface area contributed by atoms with Crippen molar-refractivity contribution in [1.29, 1.82) is 0 Å². The van der Waals surface area contributed by atoms with Crippen LogP contribution in [0.5, 0.6) is 5.75 Å². The van der Waals surface area contributed by atoms with Crippen LogP contribution in [0.15, 0.2) is 48.5 Å². The molecular formula is C27H35F2N3O5. The molecule has 0 radical (unpaired) electrons. The van der Waals surface area contributed by atoms with E-state index >= 15 is 0 Å². The Kier molecular flexibility index (Phi) is 8.63. The molecule has 0 spiro atoms. The van der Waals surface area contributed by atoms with Crippen molar-refractivity contribution in [3.63, 3.8) is 0 Å². The lowest BCUT2D eigenvalue weighted by Crippen LogP contribution is -2.56. The van der Waals surface area contributed by atoms with Crippen LogP contribution in [-0.2, 0) is 9.53 Å². The monoisotopic (exact) mass is 519 g/mol. The zero-order valence-corrected chi connectivity index (χ0v) is 21.1. The van der Waals surface area contributed by atoms with Gasteiger partial charge in [0.05, 0.1) is 17.8 Å². The number of ether oxygens (including phenoxy) is 2. The van der Waals surface area contributed by atoms with Gasteiger partial charge in [-0.3, -0.25) is 9.69 Å². The van der Waals surface area contributed by atoms with E-state index in [0.29, 0.717) is 44.7 Å². The summed E-state index contributed by atoms with van der Waals surface area (Å²) in [6, 6.07) is 12.3. The highest BCUT2D eigenvalue weighted by atomic mass is 19.1. The molecule has 2 aliphatic heterocycles. The normalized spacial score (nSPS) is 22.5. The van der Waals surface area contributed by atoms with Crippen LogP contribution in [0, 0.1) is 11.6 Å². The maximum atomic E-state index is 14.2. The molecule has 1 atom stereocenters. The van der Waals surface area contributed by atoms with Gasteiger partial charge in [0.2, 0.25) is 5.91 Å². The van der Waals surface area contributed by atoms with Gasteiger partial charge in [0.15, 0.2) is 0 Å². The summed E-state index contributed by atoms with van der Waals surface area (Å²) in [5.41, 5.74) is -1.97. The van der Waals surface area contributed by atoms with Crippen LogP contribution in [0.4, 0.5) is 14.5 Å². The predicted octanol–water partition coefficient (Wildman–Crippen LogP) is 1.90. The summed E-state index contributed by atoms with van der Waals surface area (Å²) >= 11 is 0. The number of nitrogens with zero attached hydrogens (tertiary/aromatic N) is 3. The van der Waals surface area contributed by atoms with E-state index in [1.807, 2.05) is 9.80 Å². The first-order chi connectivity index (χ1) is 17.7. The summed E-state index contributed by atoms with van der Waals surface area (Å²) in [5, 5.41) is 22.9. The first kappa shape index (κ1) is 27.3. The highest BCUT2D eigenvalue weighted by Crippen LogP contribution is 2.30. The molecule has 2 aromatic carbocycles. The average molecular weight is 520 g/mol. The molecule has 2 saturated heterocycles. The van der Waals surface area contributed by atoms with Gasteiger partial charge in [-0.2, -0.15) is 0 Å². The van der Waals surface area contributed by atoms with E-state index in [1.165, 1.54) is 36.3 Å². The average Bonchev–Trinajstić information content (AvgIpc) is 3.03. The van der Waals surface area contributed by atoms with Gasteiger partial charge in [-0.1, -0.05) is 18.2 Å². The maximum absolute atomic E-state index is 14.2.